The molecule has 0 unspecified atom stereocenters. The molecule has 1 aromatic carbocycles. The van der Waals surface area contributed by atoms with Gasteiger partial charge in [-0.25, -0.2) is 0 Å². The van der Waals surface area contributed by atoms with Gasteiger partial charge in [-0.05, 0) is 32.0 Å². The molecule has 0 saturated carbocycles. The smallest absolute Gasteiger partial charge is 0.290 e. The van der Waals surface area contributed by atoms with Crippen LogP contribution in [0.5, 0.6) is 5.75 Å². The molecule has 0 aliphatic rings. The number of carbonyl (C=O) groups excluding carboxylic acids is 1. The monoisotopic (exact) mass is 231 g/mol. The van der Waals surface area contributed by atoms with Gasteiger partial charge in [-0.2, -0.15) is 0 Å². The highest BCUT2D eigenvalue weighted by Crippen LogP contribution is 2.16. The molecule has 1 N–H and O–H groups in total. The quantitative estimate of drug-likeness (QED) is 0.876. The van der Waals surface area contributed by atoms with Gasteiger partial charge >= 0.3 is 0 Å². The van der Waals surface area contributed by atoms with Gasteiger partial charge < -0.3 is 9.72 Å². The minimum Gasteiger partial charge on any atom is -0.480 e. The van der Waals surface area contributed by atoms with Gasteiger partial charge in [0.25, 0.3) is 5.56 Å². The van der Waals surface area contributed by atoms with Crippen LogP contribution in [0.3, 0.4) is 0 Å². The van der Waals surface area contributed by atoms with Crippen LogP contribution in [0.25, 0.3) is 10.9 Å². The van der Waals surface area contributed by atoms with Crippen LogP contribution < -0.4 is 10.3 Å². The zero-order chi connectivity index (χ0) is 12.4. The van der Waals surface area contributed by atoms with Crippen LogP contribution in [0, 0.1) is 6.92 Å². The number of fused-ring (bicyclic) bond motifs is 1. The molecule has 2 rings (SSSR count). The maximum Gasteiger partial charge on any atom is 0.290 e. The fraction of sp³-hybridized carbons (Fsp3) is 0.231. The van der Waals surface area contributed by atoms with E-state index in [0.29, 0.717) is 0 Å². The first-order valence-corrected chi connectivity index (χ1v) is 5.32. The molecule has 1 heterocycles. The number of aromatic nitrogens is 1. The second kappa shape index (κ2) is 4.41. The van der Waals surface area contributed by atoms with Gasteiger partial charge in [-0.1, -0.05) is 11.6 Å². The van der Waals surface area contributed by atoms with E-state index >= 15 is 0 Å². The van der Waals surface area contributed by atoms with Gasteiger partial charge in [0.1, 0.15) is 6.61 Å². The van der Waals surface area contributed by atoms with Gasteiger partial charge in [-0.3, -0.25) is 9.59 Å². The third kappa shape index (κ3) is 2.53. The number of nitrogens with one attached hydrogen (secondary N) is 1. The van der Waals surface area contributed by atoms with Gasteiger partial charge in [0.15, 0.2) is 11.5 Å². The number of aromatic amines is 1. The summed E-state index contributed by atoms with van der Waals surface area (Å²) in [4.78, 5) is 25.2. The van der Waals surface area contributed by atoms with Crippen LogP contribution in [0.1, 0.15) is 12.5 Å². The number of benzene rings is 1. The highest BCUT2D eigenvalue weighted by atomic mass is 16.5. The largest absolute Gasteiger partial charge is 0.480 e. The number of hydrogen-bond acceptors (Lipinski definition) is 3. The molecule has 17 heavy (non-hydrogen) atoms. The molecule has 1 aromatic heterocycles. The van der Waals surface area contributed by atoms with E-state index in [4.69, 9.17) is 4.74 Å². The molecule has 4 heteroatoms. The third-order valence-electron chi connectivity index (χ3n) is 2.40. The second-order valence-electron chi connectivity index (χ2n) is 4.04. The summed E-state index contributed by atoms with van der Waals surface area (Å²) in [7, 11) is 0. The zero-order valence-electron chi connectivity index (χ0n) is 9.74. The Bertz CT molecular complexity index is 628. The molecule has 0 atom stereocenters. The normalized spacial score (nSPS) is 10.5. The molecule has 0 radical (unpaired) electrons. The Labute approximate surface area is 98.2 Å². The predicted octanol–water partition coefficient (Wildman–Crippen LogP) is 1.80. The number of pyridine rings is 1. The van der Waals surface area contributed by atoms with E-state index in [9.17, 15) is 9.59 Å². The van der Waals surface area contributed by atoms with E-state index in [-0.39, 0.29) is 23.7 Å². The van der Waals surface area contributed by atoms with E-state index in [0.717, 1.165) is 16.5 Å². The van der Waals surface area contributed by atoms with Crippen molar-refractivity contribution in [2.24, 2.45) is 0 Å². The first-order chi connectivity index (χ1) is 8.06. The zero-order valence-corrected chi connectivity index (χ0v) is 9.74. The molecule has 0 saturated heterocycles. The lowest BCUT2D eigenvalue weighted by atomic mass is 10.1. The number of hydrogen-bond donors (Lipinski definition) is 1. The molecule has 0 spiro atoms. The standard InChI is InChI=1S/C13H13NO3/c1-8-3-4-11-10(5-8)6-12(13(16)14-11)17-7-9(2)15/h3-6H,7H2,1-2H3,(H,14,16). The van der Waals surface area contributed by atoms with Gasteiger partial charge in [0, 0.05) is 10.9 Å². The topological polar surface area (TPSA) is 59.2 Å². The Morgan fingerprint density at radius 2 is 2.12 bits per heavy atom. The Balaban J connectivity index is 2.46. The average molecular weight is 231 g/mol. The lowest BCUT2D eigenvalue weighted by molar-refractivity contribution is -0.118. The van der Waals surface area contributed by atoms with Gasteiger partial charge in [0.2, 0.25) is 0 Å². The van der Waals surface area contributed by atoms with E-state index in [2.05, 4.69) is 4.98 Å². The molecule has 0 bridgehead atoms. The minimum atomic E-state index is -0.317. The summed E-state index contributed by atoms with van der Waals surface area (Å²) in [5, 5.41) is 0.892. The van der Waals surface area contributed by atoms with Crippen molar-refractivity contribution in [2.75, 3.05) is 6.61 Å². The SMILES string of the molecule is CC(=O)COc1cc2cc(C)ccc2[nH]c1=O. The van der Waals surface area contributed by atoms with Crippen molar-refractivity contribution in [3.63, 3.8) is 0 Å². The van der Waals surface area contributed by atoms with Gasteiger partial charge in [-0.15, -0.1) is 0 Å². The fourth-order valence-electron chi connectivity index (χ4n) is 1.59. The van der Waals surface area contributed by atoms with Crippen molar-refractivity contribution in [1.29, 1.82) is 0 Å². The minimum absolute atomic E-state index is 0.0829. The summed E-state index contributed by atoms with van der Waals surface area (Å²) in [5.41, 5.74) is 1.54. The number of ketones is 1. The summed E-state index contributed by atoms with van der Waals surface area (Å²) in [6, 6.07) is 7.38. The first kappa shape index (κ1) is 11.4. The highest BCUT2D eigenvalue weighted by Gasteiger charge is 2.05. The summed E-state index contributed by atoms with van der Waals surface area (Å²) >= 11 is 0. The average Bonchev–Trinajstić information content (AvgIpc) is 2.26. The lowest BCUT2D eigenvalue weighted by Crippen LogP contribution is -2.15. The molecule has 4 nitrogen and oxygen atoms in total. The predicted molar refractivity (Wildman–Crippen MR) is 65.5 cm³/mol. The molecule has 0 amide bonds. The molecule has 0 aliphatic heterocycles. The van der Waals surface area contributed by atoms with E-state index in [1.807, 2.05) is 25.1 Å². The summed E-state index contributed by atoms with van der Waals surface area (Å²) in [6.45, 7) is 3.31. The van der Waals surface area contributed by atoms with Crippen molar-refractivity contribution in [1.82, 2.24) is 4.98 Å². The van der Waals surface area contributed by atoms with Crippen molar-refractivity contribution < 1.29 is 9.53 Å². The number of aryl methyl sites for hydroxylation is 1. The third-order valence-corrected chi connectivity index (χ3v) is 2.40. The van der Waals surface area contributed by atoms with E-state index in [1.165, 1.54) is 6.92 Å². The van der Waals surface area contributed by atoms with Crippen molar-refractivity contribution in [2.45, 2.75) is 13.8 Å². The molecular formula is C13H13NO3. The summed E-state index contributed by atoms with van der Waals surface area (Å²) in [6.07, 6.45) is 0. The molecular weight excluding hydrogens is 218 g/mol. The van der Waals surface area contributed by atoms with Crippen LogP contribution in [0.4, 0.5) is 0 Å². The maximum absolute atomic E-state index is 11.6. The highest BCUT2D eigenvalue weighted by molar-refractivity contribution is 5.80. The van der Waals surface area contributed by atoms with Crippen LogP contribution in [-0.4, -0.2) is 17.4 Å². The molecule has 0 aliphatic carbocycles. The van der Waals surface area contributed by atoms with Crippen LogP contribution in [0.15, 0.2) is 29.1 Å². The van der Waals surface area contributed by atoms with E-state index < -0.39 is 0 Å². The number of Topliss-reactive ketones (excluding diaryl/α,β-unsaturated/α-hetero) is 1. The molecule has 88 valence electrons. The Kier molecular flexibility index (Phi) is 2.95. The Morgan fingerprint density at radius 1 is 1.35 bits per heavy atom. The van der Waals surface area contributed by atoms with Crippen molar-refractivity contribution >= 4 is 16.7 Å². The van der Waals surface area contributed by atoms with Crippen molar-refractivity contribution in [3.05, 3.63) is 40.2 Å². The van der Waals surface area contributed by atoms with Crippen molar-refractivity contribution in [3.8, 4) is 5.75 Å². The fourth-order valence-corrected chi connectivity index (χ4v) is 1.59. The number of rotatable bonds is 3. The maximum atomic E-state index is 11.6. The van der Waals surface area contributed by atoms with Crippen LogP contribution in [0.2, 0.25) is 0 Å². The Hall–Kier alpha value is -2.10. The number of H-pyrrole nitrogens is 1. The first-order valence-electron chi connectivity index (χ1n) is 5.32. The van der Waals surface area contributed by atoms with Crippen LogP contribution >= 0.6 is 0 Å². The van der Waals surface area contributed by atoms with E-state index in [1.54, 1.807) is 6.07 Å². The summed E-state index contributed by atoms with van der Waals surface area (Å²) < 4.78 is 5.15. The van der Waals surface area contributed by atoms with Crippen LogP contribution in [-0.2, 0) is 4.79 Å². The lowest BCUT2D eigenvalue weighted by Gasteiger charge is -2.05. The number of ether oxygens (including phenoxy) is 1. The molecule has 0 fully saturated rings. The molecule has 2 aromatic rings. The van der Waals surface area contributed by atoms with Gasteiger partial charge in [0.05, 0.1) is 0 Å². The number of carbonyl (C=O) groups is 1. The Morgan fingerprint density at radius 3 is 2.82 bits per heavy atom. The second-order valence-corrected chi connectivity index (χ2v) is 4.04. The summed E-state index contributed by atoms with van der Waals surface area (Å²) in [5.74, 6) is 0.0621.